The lowest BCUT2D eigenvalue weighted by molar-refractivity contribution is 0.0690. The predicted octanol–water partition coefficient (Wildman–Crippen LogP) is 3.41. The van der Waals surface area contributed by atoms with Gasteiger partial charge in [-0.2, -0.15) is 0 Å². The molecule has 0 spiro atoms. The summed E-state index contributed by atoms with van der Waals surface area (Å²) in [6.45, 7) is 1.71. The largest absolute Gasteiger partial charge is 0.454 e. The van der Waals surface area contributed by atoms with E-state index in [-0.39, 0.29) is 29.7 Å². The molecule has 30 heavy (non-hydrogen) atoms. The van der Waals surface area contributed by atoms with Crippen molar-refractivity contribution in [1.29, 1.82) is 0 Å². The van der Waals surface area contributed by atoms with Gasteiger partial charge in [-0.1, -0.05) is 23.4 Å². The van der Waals surface area contributed by atoms with Crippen molar-refractivity contribution in [3.8, 4) is 22.8 Å². The van der Waals surface area contributed by atoms with E-state index in [1.165, 1.54) is 12.1 Å². The molecule has 0 radical (unpaired) electrons. The summed E-state index contributed by atoms with van der Waals surface area (Å²) in [5.74, 6) is 0.677. The molecule has 1 aliphatic rings. The molecule has 0 fully saturated rings. The average molecular weight is 411 g/mol. The van der Waals surface area contributed by atoms with Crippen LogP contribution in [0.15, 0.2) is 53.1 Å². The highest BCUT2D eigenvalue weighted by Gasteiger charge is 2.23. The van der Waals surface area contributed by atoms with Crippen molar-refractivity contribution < 1.29 is 23.2 Å². The Morgan fingerprint density at radius 3 is 2.67 bits per heavy atom. The van der Waals surface area contributed by atoms with Gasteiger partial charge in [-0.15, -0.1) is 0 Å². The summed E-state index contributed by atoms with van der Waals surface area (Å²) in [4.78, 5) is 16.8. The third kappa shape index (κ3) is 4.28. The van der Waals surface area contributed by atoms with Crippen LogP contribution in [-0.4, -0.2) is 54.8 Å². The first-order valence-electron chi connectivity index (χ1n) is 9.55. The number of likely N-dealkylation sites (N-methyl/N-ethyl adjacent to an activating group) is 1. The Morgan fingerprint density at radius 1 is 1.07 bits per heavy atom. The number of carbonyl (C=O) groups is 1. The SMILES string of the molecule is CN(C)CCN(Cc1ccc2c(c1)OCO2)C(=O)c1cc(-c2ccccc2F)no1. The molecule has 156 valence electrons. The Bertz CT molecular complexity index is 1050. The van der Waals surface area contributed by atoms with Crippen molar-refractivity contribution in [2.75, 3.05) is 34.0 Å². The van der Waals surface area contributed by atoms with E-state index in [1.807, 2.05) is 37.2 Å². The highest BCUT2D eigenvalue weighted by Crippen LogP contribution is 2.33. The molecular weight excluding hydrogens is 389 g/mol. The molecule has 0 saturated carbocycles. The Balaban J connectivity index is 1.56. The van der Waals surface area contributed by atoms with Crippen molar-refractivity contribution in [2.24, 2.45) is 0 Å². The summed E-state index contributed by atoms with van der Waals surface area (Å²) in [7, 11) is 3.88. The topological polar surface area (TPSA) is 68.0 Å². The van der Waals surface area contributed by atoms with Crippen LogP contribution in [-0.2, 0) is 6.54 Å². The van der Waals surface area contributed by atoms with E-state index in [1.54, 1.807) is 23.1 Å². The van der Waals surface area contributed by atoms with Crippen LogP contribution >= 0.6 is 0 Å². The molecule has 0 atom stereocenters. The number of carbonyl (C=O) groups excluding carboxylic acids is 1. The number of hydrogen-bond donors (Lipinski definition) is 0. The highest BCUT2D eigenvalue weighted by molar-refractivity contribution is 5.92. The Kier molecular flexibility index (Phi) is 5.67. The first-order chi connectivity index (χ1) is 14.5. The number of halogens is 1. The van der Waals surface area contributed by atoms with Crippen LogP contribution in [0.4, 0.5) is 4.39 Å². The molecule has 0 unspecified atom stereocenters. The van der Waals surface area contributed by atoms with Crippen molar-refractivity contribution in [3.05, 3.63) is 65.7 Å². The minimum atomic E-state index is -0.422. The van der Waals surface area contributed by atoms with Gasteiger partial charge in [0.25, 0.3) is 5.91 Å². The second kappa shape index (κ2) is 8.54. The summed E-state index contributed by atoms with van der Waals surface area (Å²) in [5.41, 5.74) is 1.48. The third-order valence-electron chi connectivity index (χ3n) is 4.79. The number of ether oxygens (including phenoxy) is 2. The molecule has 8 heteroatoms. The number of rotatable bonds is 7. The first-order valence-corrected chi connectivity index (χ1v) is 9.55. The highest BCUT2D eigenvalue weighted by atomic mass is 19.1. The van der Waals surface area contributed by atoms with Crippen LogP contribution in [0.1, 0.15) is 16.1 Å². The zero-order valence-corrected chi connectivity index (χ0v) is 16.8. The smallest absolute Gasteiger partial charge is 0.292 e. The van der Waals surface area contributed by atoms with E-state index in [9.17, 15) is 9.18 Å². The molecule has 2 heterocycles. The zero-order valence-electron chi connectivity index (χ0n) is 16.8. The van der Waals surface area contributed by atoms with Crippen molar-refractivity contribution in [3.63, 3.8) is 0 Å². The van der Waals surface area contributed by atoms with E-state index in [0.717, 1.165) is 5.56 Å². The molecule has 0 bridgehead atoms. The van der Waals surface area contributed by atoms with Crippen LogP contribution in [0, 0.1) is 5.82 Å². The number of benzene rings is 2. The van der Waals surface area contributed by atoms with Crippen LogP contribution in [0.5, 0.6) is 11.5 Å². The zero-order chi connectivity index (χ0) is 21.1. The Hall–Kier alpha value is -3.39. The Morgan fingerprint density at radius 2 is 1.87 bits per heavy atom. The standard InChI is InChI=1S/C22H22FN3O4/c1-25(2)9-10-26(13-15-7-8-19-20(11-15)29-14-28-19)22(27)21-12-18(24-30-21)16-5-3-4-6-17(16)23/h3-8,11-12H,9-10,13-14H2,1-2H3. The molecule has 0 N–H and O–H groups in total. The lowest BCUT2D eigenvalue weighted by atomic mass is 10.1. The van der Waals surface area contributed by atoms with Gasteiger partial charge in [-0.3, -0.25) is 4.79 Å². The van der Waals surface area contributed by atoms with Crippen molar-refractivity contribution in [2.45, 2.75) is 6.54 Å². The van der Waals surface area contributed by atoms with Crippen molar-refractivity contribution in [1.82, 2.24) is 15.0 Å². The third-order valence-corrected chi connectivity index (χ3v) is 4.79. The normalized spacial score (nSPS) is 12.4. The van der Waals surface area contributed by atoms with Gasteiger partial charge < -0.3 is 23.8 Å². The second-order valence-electron chi connectivity index (χ2n) is 7.27. The van der Waals surface area contributed by atoms with E-state index in [0.29, 0.717) is 31.1 Å². The molecule has 1 aliphatic heterocycles. The molecule has 0 saturated heterocycles. The molecule has 1 amide bonds. The fraction of sp³-hybridized carbons (Fsp3) is 0.273. The number of amides is 1. The van der Waals surface area contributed by atoms with Gasteiger partial charge in [0, 0.05) is 31.3 Å². The van der Waals surface area contributed by atoms with Gasteiger partial charge in [-0.05, 0) is 43.9 Å². The first kappa shape index (κ1) is 19.9. The minimum Gasteiger partial charge on any atom is -0.454 e. The molecule has 0 aliphatic carbocycles. The summed E-state index contributed by atoms with van der Waals surface area (Å²) >= 11 is 0. The summed E-state index contributed by atoms with van der Waals surface area (Å²) in [6.07, 6.45) is 0. The second-order valence-corrected chi connectivity index (χ2v) is 7.27. The summed E-state index contributed by atoms with van der Waals surface area (Å²) in [5, 5.41) is 3.89. The fourth-order valence-electron chi connectivity index (χ4n) is 3.16. The van der Waals surface area contributed by atoms with Gasteiger partial charge in [0.15, 0.2) is 11.5 Å². The van der Waals surface area contributed by atoms with Gasteiger partial charge in [0.2, 0.25) is 12.6 Å². The maximum absolute atomic E-state index is 14.0. The fourth-order valence-corrected chi connectivity index (χ4v) is 3.16. The van der Waals surface area contributed by atoms with Gasteiger partial charge in [-0.25, -0.2) is 4.39 Å². The van der Waals surface area contributed by atoms with E-state index in [2.05, 4.69) is 5.16 Å². The quantitative estimate of drug-likeness (QED) is 0.594. The molecule has 3 aromatic rings. The monoisotopic (exact) mass is 411 g/mol. The molecule has 4 rings (SSSR count). The van der Waals surface area contributed by atoms with Gasteiger partial charge in [0.05, 0.1) is 0 Å². The minimum absolute atomic E-state index is 0.0627. The van der Waals surface area contributed by atoms with Crippen LogP contribution in [0.3, 0.4) is 0 Å². The molecular formula is C22H22FN3O4. The predicted molar refractivity (Wildman–Crippen MR) is 108 cm³/mol. The number of fused-ring (bicyclic) bond motifs is 1. The van der Waals surface area contributed by atoms with Crippen LogP contribution < -0.4 is 9.47 Å². The lowest BCUT2D eigenvalue weighted by Crippen LogP contribution is -2.36. The van der Waals surface area contributed by atoms with Crippen LogP contribution in [0.2, 0.25) is 0 Å². The number of nitrogens with zero attached hydrogens (tertiary/aromatic N) is 3. The number of hydrogen-bond acceptors (Lipinski definition) is 6. The lowest BCUT2D eigenvalue weighted by Gasteiger charge is -2.23. The van der Waals surface area contributed by atoms with Gasteiger partial charge >= 0.3 is 0 Å². The summed E-state index contributed by atoms with van der Waals surface area (Å²) in [6, 6.07) is 13.3. The maximum Gasteiger partial charge on any atom is 0.292 e. The summed E-state index contributed by atoms with van der Waals surface area (Å²) < 4.78 is 30.1. The van der Waals surface area contributed by atoms with Gasteiger partial charge in [0.1, 0.15) is 11.5 Å². The van der Waals surface area contributed by atoms with Crippen LogP contribution in [0.25, 0.3) is 11.3 Å². The molecule has 7 nitrogen and oxygen atoms in total. The molecule has 1 aromatic heterocycles. The maximum atomic E-state index is 14.0. The van der Waals surface area contributed by atoms with E-state index < -0.39 is 5.82 Å². The molecule has 2 aromatic carbocycles. The average Bonchev–Trinajstić information content (AvgIpc) is 3.40. The number of aromatic nitrogens is 1. The van der Waals surface area contributed by atoms with E-state index >= 15 is 0 Å². The van der Waals surface area contributed by atoms with E-state index in [4.69, 9.17) is 14.0 Å². The van der Waals surface area contributed by atoms with Crippen molar-refractivity contribution >= 4 is 5.91 Å². The Labute approximate surface area is 173 Å².